The molecule has 0 aliphatic rings. The van der Waals surface area contributed by atoms with Gasteiger partial charge in [-0.1, -0.05) is 19.4 Å². The molecule has 94 valence electrons. The number of nitrogens with two attached hydrogens (primary N) is 1. The van der Waals surface area contributed by atoms with Crippen LogP contribution in [0.5, 0.6) is 0 Å². The second kappa shape index (κ2) is 7.01. The van der Waals surface area contributed by atoms with Gasteiger partial charge in [-0.15, -0.1) is 0 Å². The summed E-state index contributed by atoms with van der Waals surface area (Å²) in [6.07, 6.45) is 5.76. The molecule has 0 bridgehead atoms. The van der Waals surface area contributed by atoms with Crippen LogP contribution in [0.3, 0.4) is 0 Å². The summed E-state index contributed by atoms with van der Waals surface area (Å²) >= 11 is 0. The van der Waals surface area contributed by atoms with Gasteiger partial charge in [0.25, 0.3) is 0 Å². The highest BCUT2D eigenvalue weighted by molar-refractivity contribution is 5.77. The molecule has 2 atom stereocenters. The third-order valence-corrected chi connectivity index (χ3v) is 2.67. The molecule has 1 heterocycles. The van der Waals surface area contributed by atoms with Crippen LogP contribution in [-0.2, 0) is 4.79 Å². The zero-order valence-corrected chi connectivity index (χ0v) is 10.5. The zero-order valence-electron chi connectivity index (χ0n) is 10.5. The molecule has 4 nitrogen and oxygen atoms in total. The van der Waals surface area contributed by atoms with Gasteiger partial charge in [0.2, 0.25) is 5.91 Å². The first-order valence-electron chi connectivity index (χ1n) is 6.08. The van der Waals surface area contributed by atoms with Crippen LogP contribution >= 0.6 is 0 Å². The lowest BCUT2D eigenvalue weighted by atomic mass is 10.1. The van der Waals surface area contributed by atoms with Crippen LogP contribution in [0.4, 0.5) is 0 Å². The normalized spacial score (nSPS) is 14.1. The number of hydrogen-bond acceptors (Lipinski definition) is 3. The second-order valence-corrected chi connectivity index (χ2v) is 4.33. The van der Waals surface area contributed by atoms with E-state index in [0.717, 1.165) is 18.4 Å². The molecule has 17 heavy (non-hydrogen) atoms. The van der Waals surface area contributed by atoms with E-state index in [4.69, 9.17) is 5.73 Å². The lowest BCUT2D eigenvalue weighted by Gasteiger charge is -2.16. The van der Waals surface area contributed by atoms with Crippen molar-refractivity contribution in [2.24, 2.45) is 5.73 Å². The Hall–Kier alpha value is -1.42. The van der Waals surface area contributed by atoms with E-state index < -0.39 is 0 Å². The van der Waals surface area contributed by atoms with Gasteiger partial charge in [-0.05, 0) is 25.0 Å². The topological polar surface area (TPSA) is 68.0 Å². The molecule has 1 aromatic rings. The van der Waals surface area contributed by atoms with E-state index in [1.807, 2.05) is 19.1 Å². The molecule has 0 aliphatic carbocycles. The van der Waals surface area contributed by atoms with Gasteiger partial charge in [0.1, 0.15) is 0 Å². The number of pyridine rings is 1. The largest absolute Gasteiger partial charge is 0.349 e. The third-order valence-electron chi connectivity index (χ3n) is 2.67. The fourth-order valence-electron chi connectivity index (χ4n) is 1.73. The van der Waals surface area contributed by atoms with Crippen LogP contribution in [-0.4, -0.2) is 16.9 Å². The SMILES string of the molecule is CCCC(N)CC(=O)N[C@@H](C)c1cccnc1. The fraction of sp³-hybridized carbons (Fsp3) is 0.538. The maximum absolute atomic E-state index is 11.7. The minimum Gasteiger partial charge on any atom is -0.349 e. The van der Waals surface area contributed by atoms with Crippen LogP contribution in [0, 0.1) is 0 Å². The highest BCUT2D eigenvalue weighted by Crippen LogP contribution is 2.10. The van der Waals surface area contributed by atoms with Gasteiger partial charge in [0.05, 0.1) is 6.04 Å². The molecule has 0 saturated heterocycles. The summed E-state index contributed by atoms with van der Waals surface area (Å²) in [4.78, 5) is 15.7. The predicted octanol–water partition coefficient (Wildman–Crippen LogP) is 1.78. The summed E-state index contributed by atoms with van der Waals surface area (Å²) < 4.78 is 0. The second-order valence-electron chi connectivity index (χ2n) is 4.33. The Balaban J connectivity index is 2.41. The average molecular weight is 235 g/mol. The Morgan fingerprint density at radius 2 is 2.35 bits per heavy atom. The molecule has 4 heteroatoms. The van der Waals surface area contributed by atoms with Gasteiger partial charge in [0, 0.05) is 24.9 Å². The quantitative estimate of drug-likeness (QED) is 0.789. The molecule has 0 spiro atoms. The Labute approximate surface area is 103 Å². The van der Waals surface area contributed by atoms with Crippen molar-refractivity contribution < 1.29 is 4.79 Å². The van der Waals surface area contributed by atoms with Crippen molar-refractivity contribution in [1.29, 1.82) is 0 Å². The number of nitrogens with zero attached hydrogens (tertiary/aromatic N) is 1. The predicted molar refractivity (Wildman–Crippen MR) is 68.3 cm³/mol. The minimum absolute atomic E-state index is 0.00213. The van der Waals surface area contributed by atoms with Gasteiger partial charge in [-0.2, -0.15) is 0 Å². The molecule has 1 unspecified atom stereocenters. The first kappa shape index (κ1) is 13.6. The summed E-state index contributed by atoms with van der Waals surface area (Å²) in [5.74, 6) is 0.00213. The molecule has 1 amide bonds. The molecule has 0 fully saturated rings. The first-order valence-corrected chi connectivity index (χ1v) is 6.08. The molecule has 3 N–H and O–H groups in total. The number of aromatic nitrogens is 1. The monoisotopic (exact) mass is 235 g/mol. The number of carbonyl (C=O) groups is 1. The molecule has 0 aliphatic heterocycles. The third kappa shape index (κ3) is 4.95. The van der Waals surface area contributed by atoms with Crippen molar-refractivity contribution in [3.8, 4) is 0 Å². The van der Waals surface area contributed by atoms with E-state index in [0.29, 0.717) is 6.42 Å². The molecule has 1 rings (SSSR count). The van der Waals surface area contributed by atoms with Crippen molar-refractivity contribution in [1.82, 2.24) is 10.3 Å². The fourth-order valence-corrected chi connectivity index (χ4v) is 1.73. The maximum atomic E-state index is 11.7. The van der Waals surface area contributed by atoms with E-state index in [-0.39, 0.29) is 18.0 Å². The van der Waals surface area contributed by atoms with Gasteiger partial charge >= 0.3 is 0 Å². The van der Waals surface area contributed by atoms with Crippen LogP contribution in [0.25, 0.3) is 0 Å². The van der Waals surface area contributed by atoms with Crippen LogP contribution in [0.15, 0.2) is 24.5 Å². The lowest BCUT2D eigenvalue weighted by Crippen LogP contribution is -2.33. The summed E-state index contributed by atoms with van der Waals surface area (Å²) in [5.41, 5.74) is 6.83. The smallest absolute Gasteiger partial charge is 0.222 e. The number of carbonyl (C=O) groups excluding carboxylic acids is 1. The molecule has 0 radical (unpaired) electrons. The van der Waals surface area contributed by atoms with Crippen LogP contribution in [0.1, 0.15) is 44.7 Å². The highest BCUT2D eigenvalue weighted by atomic mass is 16.1. The van der Waals surface area contributed by atoms with E-state index >= 15 is 0 Å². The Bertz CT molecular complexity index is 340. The standard InChI is InChI=1S/C13H21N3O/c1-3-5-12(14)8-13(17)16-10(2)11-6-4-7-15-9-11/h4,6-7,9-10,12H,3,5,8,14H2,1-2H3,(H,16,17)/t10-,12?/m0/s1. The summed E-state index contributed by atoms with van der Waals surface area (Å²) in [5, 5.41) is 2.93. The maximum Gasteiger partial charge on any atom is 0.222 e. The molecular formula is C13H21N3O. The van der Waals surface area contributed by atoms with Crippen molar-refractivity contribution in [3.63, 3.8) is 0 Å². The van der Waals surface area contributed by atoms with E-state index in [2.05, 4.69) is 17.2 Å². The van der Waals surface area contributed by atoms with Crippen LogP contribution < -0.4 is 11.1 Å². The number of rotatable bonds is 6. The lowest BCUT2D eigenvalue weighted by molar-refractivity contribution is -0.122. The Morgan fingerprint density at radius 1 is 1.59 bits per heavy atom. The number of hydrogen-bond donors (Lipinski definition) is 2. The Kier molecular flexibility index (Phi) is 5.63. The summed E-state index contributed by atoms with van der Waals surface area (Å²) in [7, 11) is 0. The van der Waals surface area contributed by atoms with Gasteiger partial charge in [0.15, 0.2) is 0 Å². The van der Waals surface area contributed by atoms with Crippen molar-refractivity contribution in [3.05, 3.63) is 30.1 Å². The highest BCUT2D eigenvalue weighted by Gasteiger charge is 2.12. The Morgan fingerprint density at radius 3 is 2.94 bits per heavy atom. The minimum atomic E-state index is -0.0406. The molecule has 0 saturated carbocycles. The van der Waals surface area contributed by atoms with E-state index in [1.165, 1.54) is 0 Å². The van der Waals surface area contributed by atoms with Gasteiger partial charge < -0.3 is 11.1 Å². The van der Waals surface area contributed by atoms with Crippen molar-refractivity contribution in [2.45, 2.75) is 45.2 Å². The summed E-state index contributed by atoms with van der Waals surface area (Å²) in [6, 6.07) is 3.75. The molecular weight excluding hydrogens is 214 g/mol. The average Bonchev–Trinajstić information content (AvgIpc) is 2.30. The van der Waals surface area contributed by atoms with Crippen molar-refractivity contribution >= 4 is 5.91 Å². The van der Waals surface area contributed by atoms with Gasteiger partial charge in [-0.3, -0.25) is 9.78 Å². The molecule has 1 aromatic heterocycles. The van der Waals surface area contributed by atoms with Gasteiger partial charge in [-0.25, -0.2) is 0 Å². The zero-order chi connectivity index (χ0) is 12.7. The summed E-state index contributed by atoms with van der Waals surface area (Å²) in [6.45, 7) is 4.01. The molecule has 0 aromatic carbocycles. The van der Waals surface area contributed by atoms with E-state index in [1.54, 1.807) is 12.4 Å². The van der Waals surface area contributed by atoms with Crippen molar-refractivity contribution in [2.75, 3.05) is 0 Å². The van der Waals surface area contributed by atoms with Crippen LogP contribution in [0.2, 0.25) is 0 Å². The first-order chi connectivity index (χ1) is 8.13. The van der Waals surface area contributed by atoms with E-state index in [9.17, 15) is 4.79 Å². The number of nitrogens with one attached hydrogen (secondary N) is 1. The number of amides is 1.